The van der Waals surface area contributed by atoms with Crippen LogP contribution in [-0.2, 0) is 16.0 Å². The van der Waals surface area contributed by atoms with Crippen molar-refractivity contribution in [3.8, 4) is 0 Å². The average Bonchev–Trinajstić information content (AvgIpc) is 3.10. The summed E-state index contributed by atoms with van der Waals surface area (Å²) in [4.78, 5) is 29.2. The summed E-state index contributed by atoms with van der Waals surface area (Å²) in [5.41, 5.74) is 2.50. The summed E-state index contributed by atoms with van der Waals surface area (Å²) in [6.45, 7) is 8.79. The number of likely N-dealkylation sites (tertiary alicyclic amines) is 2. The van der Waals surface area contributed by atoms with Crippen molar-refractivity contribution in [3.05, 3.63) is 17.0 Å². The lowest BCUT2D eigenvalue weighted by molar-refractivity contribution is -0.145. The maximum atomic E-state index is 12.7. The average molecular weight is 318 g/mol. The van der Waals surface area contributed by atoms with Gasteiger partial charge < -0.3 is 9.80 Å². The number of piperidine rings is 1. The van der Waals surface area contributed by atoms with Crippen molar-refractivity contribution >= 4 is 11.8 Å². The summed E-state index contributed by atoms with van der Waals surface area (Å²) >= 11 is 0. The van der Waals surface area contributed by atoms with E-state index in [9.17, 15) is 9.59 Å². The van der Waals surface area contributed by atoms with Gasteiger partial charge in [0.25, 0.3) is 0 Å². The summed E-state index contributed by atoms with van der Waals surface area (Å²) in [7, 11) is 0. The van der Waals surface area contributed by atoms with Crippen LogP contribution in [0.25, 0.3) is 0 Å². The van der Waals surface area contributed by atoms with Gasteiger partial charge in [0.05, 0.1) is 17.5 Å². The summed E-state index contributed by atoms with van der Waals surface area (Å²) < 4.78 is 0. The molecule has 1 aromatic heterocycles. The minimum absolute atomic E-state index is 0.107. The monoisotopic (exact) mass is 318 g/mol. The highest BCUT2D eigenvalue weighted by molar-refractivity contribution is 5.86. The first-order chi connectivity index (χ1) is 11.0. The second-order valence-electron chi connectivity index (χ2n) is 6.92. The smallest absolute Gasteiger partial charge is 0.230 e. The molecule has 1 atom stereocenters. The number of rotatable bonds is 3. The Balaban J connectivity index is 1.70. The standard InChI is InChI=1S/C17H26N4O2/c1-4-20-8-5-6-17(16(20)23)7-9-21(11-17)15(22)10-14-12(2)18-19-13(14)3/h4-11H2,1-3H3,(H,18,19)/t17-/m0/s1. The van der Waals surface area contributed by atoms with Gasteiger partial charge in [0.2, 0.25) is 11.8 Å². The van der Waals surface area contributed by atoms with Crippen LogP contribution < -0.4 is 0 Å². The number of aromatic nitrogens is 2. The molecule has 3 rings (SSSR count). The van der Waals surface area contributed by atoms with Gasteiger partial charge in [-0.3, -0.25) is 14.7 Å². The summed E-state index contributed by atoms with van der Waals surface area (Å²) in [6, 6.07) is 0. The van der Waals surface area contributed by atoms with E-state index >= 15 is 0 Å². The molecule has 3 heterocycles. The molecule has 1 aromatic rings. The fourth-order valence-electron chi connectivity index (χ4n) is 4.02. The molecule has 1 spiro atoms. The third kappa shape index (κ3) is 2.75. The van der Waals surface area contributed by atoms with Gasteiger partial charge >= 0.3 is 0 Å². The van der Waals surface area contributed by atoms with Crippen LogP contribution in [-0.4, -0.2) is 58.0 Å². The van der Waals surface area contributed by atoms with E-state index in [-0.39, 0.29) is 17.2 Å². The number of aromatic amines is 1. The number of carbonyl (C=O) groups is 2. The highest BCUT2D eigenvalue weighted by Gasteiger charge is 2.48. The summed E-state index contributed by atoms with van der Waals surface area (Å²) in [6.07, 6.45) is 3.13. The number of hydrogen-bond donors (Lipinski definition) is 1. The number of hydrogen-bond acceptors (Lipinski definition) is 3. The van der Waals surface area contributed by atoms with Gasteiger partial charge in [-0.15, -0.1) is 0 Å². The third-order valence-electron chi connectivity index (χ3n) is 5.52. The van der Waals surface area contributed by atoms with E-state index < -0.39 is 0 Å². The Bertz CT molecular complexity index is 605. The van der Waals surface area contributed by atoms with Gasteiger partial charge in [-0.2, -0.15) is 5.10 Å². The zero-order chi connectivity index (χ0) is 16.6. The minimum Gasteiger partial charge on any atom is -0.342 e. The van der Waals surface area contributed by atoms with E-state index in [0.29, 0.717) is 19.5 Å². The van der Waals surface area contributed by atoms with Gasteiger partial charge in [0.15, 0.2) is 0 Å². The van der Waals surface area contributed by atoms with Crippen molar-refractivity contribution in [1.82, 2.24) is 20.0 Å². The lowest BCUT2D eigenvalue weighted by atomic mass is 9.78. The Morgan fingerprint density at radius 1 is 1.30 bits per heavy atom. The Morgan fingerprint density at radius 2 is 2.09 bits per heavy atom. The minimum atomic E-state index is -0.329. The fraction of sp³-hybridized carbons (Fsp3) is 0.706. The third-order valence-corrected chi connectivity index (χ3v) is 5.52. The van der Waals surface area contributed by atoms with Crippen LogP contribution in [0.3, 0.4) is 0 Å². The lowest BCUT2D eigenvalue weighted by Crippen LogP contribution is -2.50. The molecule has 2 aliphatic rings. The topological polar surface area (TPSA) is 69.3 Å². The van der Waals surface area contributed by atoms with Crippen molar-refractivity contribution < 1.29 is 9.59 Å². The van der Waals surface area contributed by atoms with Gasteiger partial charge in [-0.05, 0) is 40.0 Å². The zero-order valence-corrected chi connectivity index (χ0v) is 14.3. The van der Waals surface area contributed by atoms with Crippen molar-refractivity contribution in [1.29, 1.82) is 0 Å². The molecule has 1 N–H and O–H groups in total. The van der Waals surface area contributed by atoms with Gasteiger partial charge in [-0.1, -0.05) is 0 Å². The van der Waals surface area contributed by atoms with E-state index in [0.717, 1.165) is 49.3 Å². The Morgan fingerprint density at radius 3 is 2.74 bits per heavy atom. The molecular weight excluding hydrogens is 292 g/mol. The molecule has 6 nitrogen and oxygen atoms in total. The molecule has 0 aliphatic carbocycles. The molecule has 0 unspecified atom stereocenters. The molecule has 6 heteroatoms. The molecule has 2 saturated heterocycles. The molecule has 0 bridgehead atoms. The van der Waals surface area contributed by atoms with Crippen LogP contribution in [0.4, 0.5) is 0 Å². The molecule has 2 aliphatic heterocycles. The Labute approximate surface area is 137 Å². The van der Waals surface area contributed by atoms with Crippen LogP contribution in [0.5, 0.6) is 0 Å². The number of nitrogens with zero attached hydrogens (tertiary/aromatic N) is 3. The SMILES string of the molecule is CCN1CCC[C@@]2(CCN(C(=O)Cc3c(C)n[nH]c3C)C2)C1=O. The number of H-pyrrole nitrogens is 1. The quantitative estimate of drug-likeness (QED) is 0.916. The van der Waals surface area contributed by atoms with Crippen molar-refractivity contribution in [2.24, 2.45) is 5.41 Å². The Kier molecular flexibility index (Phi) is 4.17. The number of aryl methyl sites for hydroxylation is 2. The van der Waals surface area contributed by atoms with E-state index in [1.165, 1.54) is 0 Å². The maximum Gasteiger partial charge on any atom is 0.230 e. The largest absolute Gasteiger partial charge is 0.342 e. The summed E-state index contributed by atoms with van der Waals surface area (Å²) in [5.74, 6) is 0.355. The second-order valence-corrected chi connectivity index (χ2v) is 6.92. The highest BCUT2D eigenvalue weighted by Crippen LogP contribution is 2.40. The van der Waals surface area contributed by atoms with Gasteiger partial charge in [0.1, 0.15) is 0 Å². The zero-order valence-electron chi connectivity index (χ0n) is 14.3. The molecule has 2 fully saturated rings. The normalized spacial score (nSPS) is 24.7. The van der Waals surface area contributed by atoms with Gasteiger partial charge in [0, 0.05) is 37.4 Å². The summed E-state index contributed by atoms with van der Waals surface area (Å²) in [5, 5.41) is 7.08. The molecule has 2 amide bonds. The predicted molar refractivity (Wildman–Crippen MR) is 86.9 cm³/mol. The van der Waals surface area contributed by atoms with Crippen molar-refractivity contribution in [2.75, 3.05) is 26.2 Å². The molecule has 0 aromatic carbocycles. The van der Waals surface area contributed by atoms with Crippen LogP contribution in [0.1, 0.15) is 43.1 Å². The maximum absolute atomic E-state index is 12.7. The van der Waals surface area contributed by atoms with E-state index in [4.69, 9.17) is 0 Å². The van der Waals surface area contributed by atoms with E-state index in [1.54, 1.807) is 0 Å². The number of nitrogens with one attached hydrogen (secondary N) is 1. The first-order valence-corrected chi connectivity index (χ1v) is 8.54. The molecule has 126 valence electrons. The second kappa shape index (κ2) is 5.98. The van der Waals surface area contributed by atoms with Crippen LogP contribution >= 0.6 is 0 Å². The first kappa shape index (κ1) is 16.0. The van der Waals surface area contributed by atoms with Crippen LogP contribution in [0.15, 0.2) is 0 Å². The predicted octanol–water partition coefficient (Wildman–Crippen LogP) is 1.43. The van der Waals surface area contributed by atoms with Crippen LogP contribution in [0.2, 0.25) is 0 Å². The first-order valence-electron chi connectivity index (χ1n) is 8.54. The van der Waals surface area contributed by atoms with E-state index in [1.807, 2.05) is 30.6 Å². The van der Waals surface area contributed by atoms with E-state index in [2.05, 4.69) is 10.2 Å². The van der Waals surface area contributed by atoms with Crippen LogP contribution in [0, 0.1) is 19.3 Å². The molecule has 0 saturated carbocycles. The lowest BCUT2D eigenvalue weighted by Gasteiger charge is -2.38. The van der Waals surface area contributed by atoms with Gasteiger partial charge in [-0.25, -0.2) is 0 Å². The molecule has 23 heavy (non-hydrogen) atoms. The highest BCUT2D eigenvalue weighted by atomic mass is 16.2. The van der Waals surface area contributed by atoms with Crippen molar-refractivity contribution in [2.45, 2.75) is 46.5 Å². The molecular formula is C17H26N4O2. The number of carbonyl (C=O) groups excluding carboxylic acids is 2. The fourth-order valence-corrected chi connectivity index (χ4v) is 4.02. The Hall–Kier alpha value is -1.85. The van der Waals surface area contributed by atoms with Crippen molar-refractivity contribution in [3.63, 3.8) is 0 Å². The number of amides is 2. The molecule has 0 radical (unpaired) electrons.